The highest BCUT2D eigenvalue weighted by atomic mass is 32.2. The maximum absolute atomic E-state index is 11.9. The summed E-state index contributed by atoms with van der Waals surface area (Å²) in [6.45, 7) is 2.57. The van der Waals surface area contributed by atoms with Gasteiger partial charge in [-0.05, 0) is 19.3 Å². The third-order valence-electron chi connectivity index (χ3n) is 3.75. The minimum absolute atomic E-state index is 0.0459. The average molecular weight is 279 g/mol. The maximum atomic E-state index is 11.9. The zero-order valence-corrected chi connectivity index (χ0v) is 11.7. The van der Waals surface area contributed by atoms with Crippen molar-refractivity contribution < 1.29 is 23.1 Å². The summed E-state index contributed by atoms with van der Waals surface area (Å²) in [5, 5.41) is 9.23. The summed E-state index contributed by atoms with van der Waals surface area (Å²) in [5.74, 6) is -0.866. The second-order valence-electron chi connectivity index (χ2n) is 4.65. The van der Waals surface area contributed by atoms with Gasteiger partial charge in [-0.3, -0.25) is 4.79 Å². The summed E-state index contributed by atoms with van der Waals surface area (Å²) in [6.07, 6.45) is 1.30. The van der Waals surface area contributed by atoms with Crippen molar-refractivity contribution in [2.45, 2.75) is 26.2 Å². The van der Waals surface area contributed by atoms with Crippen LogP contribution in [0.15, 0.2) is 0 Å². The normalized spacial score (nSPS) is 20.8. The van der Waals surface area contributed by atoms with E-state index < -0.39 is 21.4 Å². The molecule has 1 N–H and O–H groups in total. The summed E-state index contributed by atoms with van der Waals surface area (Å²) >= 11 is 0. The molecule has 1 aliphatic rings. The maximum Gasteiger partial charge on any atom is 0.309 e. The second-order valence-corrected chi connectivity index (χ2v) is 6.74. The van der Waals surface area contributed by atoms with E-state index in [1.165, 1.54) is 11.4 Å². The van der Waals surface area contributed by atoms with Crippen LogP contribution in [0.2, 0.25) is 0 Å². The molecule has 0 spiro atoms. The standard InChI is InChI=1S/C11H21NO5S/c1-3-11(10(13)14)4-6-12(7-5-11)18(15,16)9-8-17-2/h3-9H2,1-2H3,(H,13,14). The second kappa shape index (κ2) is 5.99. The highest BCUT2D eigenvalue weighted by molar-refractivity contribution is 7.89. The van der Waals surface area contributed by atoms with Gasteiger partial charge < -0.3 is 9.84 Å². The van der Waals surface area contributed by atoms with Gasteiger partial charge in [-0.2, -0.15) is 0 Å². The molecule has 0 aromatic rings. The number of sulfonamides is 1. The van der Waals surface area contributed by atoms with Crippen LogP contribution in [0.4, 0.5) is 0 Å². The predicted molar refractivity (Wildman–Crippen MR) is 66.8 cm³/mol. The van der Waals surface area contributed by atoms with Crippen molar-refractivity contribution >= 4 is 16.0 Å². The van der Waals surface area contributed by atoms with E-state index in [9.17, 15) is 18.3 Å². The molecule has 0 aromatic heterocycles. The molecule has 0 radical (unpaired) electrons. The molecule has 0 bridgehead atoms. The van der Waals surface area contributed by atoms with Gasteiger partial charge in [0.25, 0.3) is 0 Å². The van der Waals surface area contributed by atoms with Crippen molar-refractivity contribution in [1.29, 1.82) is 0 Å². The van der Waals surface area contributed by atoms with Crippen LogP contribution in [0.1, 0.15) is 26.2 Å². The highest BCUT2D eigenvalue weighted by Gasteiger charge is 2.42. The number of piperidine rings is 1. The number of methoxy groups -OCH3 is 1. The highest BCUT2D eigenvalue weighted by Crippen LogP contribution is 2.35. The average Bonchev–Trinajstić information content (AvgIpc) is 2.36. The minimum atomic E-state index is -3.31. The molecular weight excluding hydrogens is 258 g/mol. The van der Waals surface area contributed by atoms with E-state index in [1.807, 2.05) is 6.92 Å². The van der Waals surface area contributed by atoms with Gasteiger partial charge in [0.1, 0.15) is 0 Å². The van der Waals surface area contributed by atoms with Crippen LogP contribution < -0.4 is 0 Å². The van der Waals surface area contributed by atoms with E-state index in [1.54, 1.807) is 0 Å². The Morgan fingerprint density at radius 1 is 1.39 bits per heavy atom. The molecule has 1 rings (SSSR count). The Morgan fingerprint density at radius 2 is 1.94 bits per heavy atom. The largest absolute Gasteiger partial charge is 0.481 e. The number of nitrogens with zero attached hydrogens (tertiary/aromatic N) is 1. The van der Waals surface area contributed by atoms with E-state index in [4.69, 9.17) is 4.74 Å². The zero-order chi connectivity index (χ0) is 13.8. The van der Waals surface area contributed by atoms with Crippen molar-refractivity contribution in [3.63, 3.8) is 0 Å². The van der Waals surface area contributed by atoms with E-state index >= 15 is 0 Å². The molecule has 1 fully saturated rings. The van der Waals surface area contributed by atoms with Crippen LogP contribution in [0.5, 0.6) is 0 Å². The van der Waals surface area contributed by atoms with Crippen LogP contribution in [-0.4, -0.2) is 56.4 Å². The Bertz CT molecular complexity index is 384. The van der Waals surface area contributed by atoms with Crippen molar-refractivity contribution in [3.05, 3.63) is 0 Å². The molecular formula is C11H21NO5S. The smallest absolute Gasteiger partial charge is 0.309 e. The van der Waals surface area contributed by atoms with Crippen LogP contribution in [0.3, 0.4) is 0 Å². The molecule has 106 valence electrons. The van der Waals surface area contributed by atoms with E-state index in [0.717, 1.165) is 0 Å². The number of carboxylic acids is 1. The predicted octanol–water partition coefficient (Wildman–Crippen LogP) is 0.539. The van der Waals surface area contributed by atoms with Crippen LogP contribution in [-0.2, 0) is 19.6 Å². The zero-order valence-electron chi connectivity index (χ0n) is 10.9. The van der Waals surface area contributed by atoms with Gasteiger partial charge in [-0.1, -0.05) is 6.92 Å². The fourth-order valence-corrected chi connectivity index (χ4v) is 3.60. The molecule has 0 aromatic carbocycles. The number of rotatable bonds is 6. The van der Waals surface area contributed by atoms with Gasteiger partial charge in [-0.15, -0.1) is 0 Å². The molecule has 0 unspecified atom stereocenters. The number of hydrogen-bond donors (Lipinski definition) is 1. The molecule has 0 amide bonds. The third-order valence-corrected chi connectivity index (χ3v) is 5.58. The molecule has 1 heterocycles. The third kappa shape index (κ3) is 3.21. The molecule has 1 aliphatic heterocycles. The lowest BCUT2D eigenvalue weighted by Crippen LogP contribution is -2.47. The molecule has 7 heteroatoms. The van der Waals surface area contributed by atoms with Crippen LogP contribution in [0.25, 0.3) is 0 Å². The van der Waals surface area contributed by atoms with E-state index in [-0.39, 0.29) is 25.4 Å². The summed E-state index contributed by atoms with van der Waals surface area (Å²) in [6, 6.07) is 0. The monoisotopic (exact) mass is 279 g/mol. The van der Waals surface area contributed by atoms with Gasteiger partial charge in [-0.25, -0.2) is 12.7 Å². The summed E-state index contributed by atoms with van der Waals surface area (Å²) in [4.78, 5) is 11.2. The molecule has 0 atom stereocenters. The lowest BCUT2D eigenvalue weighted by molar-refractivity contribution is -0.151. The molecule has 18 heavy (non-hydrogen) atoms. The first kappa shape index (κ1) is 15.4. The van der Waals surface area contributed by atoms with Crippen molar-refractivity contribution in [3.8, 4) is 0 Å². The lowest BCUT2D eigenvalue weighted by Gasteiger charge is -2.37. The summed E-state index contributed by atoms with van der Waals surface area (Å²) < 4.78 is 30.0. The van der Waals surface area contributed by atoms with Crippen molar-refractivity contribution in [1.82, 2.24) is 4.31 Å². The van der Waals surface area contributed by atoms with Gasteiger partial charge in [0.2, 0.25) is 10.0 Å². The van der Waals surface area contributed by atoms with Crippen molar-refractivity contribution in [2.75, 3.05) is 32.6 Å². The Kier molecular flexibility index (Phi) is 5.12. The first-order valence-corrected chi connectivity index (χ1v) is 7.69. The van der Waals surface area contributed by atoms with Crippen LogP contribution >= 0.6 is 0 Å². The first-order chi connectivity index (χ1) is 8.38. The Balaban J connectivity index is 2.66. The fraction of sp³-hybridized carbons (Fsp3) is 0.909. The minimum Gasteiger partial charge on any atom is -0.481 e. The van der Waals surface area contributed by atoms with E-state index in [0.29, 0.717) is 19.3 Å². The van der Waals surface area contributed by atoms with Gasteiger partial charge in [0.15, 0.2) is 0 Å². The molecule has 6 nitrogen and oxygen atoms in total. The summed E-state index contributed by atoms with van der Waals surface area (Å²) in [7, 11) is -1.86. The lowest BCUT2D eigenvalue weighted by atomic mass is 9.77. The van der Waals surface area contributed by atoms with Gasteiger partial charge >= 0.3 is 5.97 Å². The molecule has 0 aliphatic carbocycles. The van der Waals surface area contributed by atoms with Crippen LogP contribution in [0, 0.1) is 5.41 Å². The Labute approximate surface area is 108 Å². The number of hydrogen-bond acceptors (Lipinski definition) is 4. The number of carbonyl (C=O) groups is 1. The fourth-order valence-electron chi connectivity index (χ4n) is 2.23. The SMILES string of the molecule is CCC1(C(=O)O)CCN(S(=O)(=O)CCOC)CC1. The van der Waals surface area contributed by atoms with Crippen molar-refractivity contribution in [2.24, 2.45) is 5.41 Å². The summed E-state index contributed by atoms with van der Waals surface area (Å²) in [5.41, 5.74) is -0.757. The van der Waals surface area contributed by atoms with Gasteiger partial charge in [0, 0.05) is 20.2 Å². The van der Waals surface area contributed by atoms with E-state index in [2.05, 4.69) is 0 Å². The number of aliphatic carboxylic acids is 1. The molecule has 0 saturated carbocycles. The Hall–Kier alpha value is -0.660. The first-order valence-electron chi connectivity index (χ1n) is 6.08. The Morgan fingerprint density at radius 3 is 2.33 bits per heavy atom. The van der Waals surface area contributed by atoms with Gasteiger partial charge in [0.05, 0.1) is 17.8 Å². The topological polar surface area (TPSA) is 83.9 Å². The molecule has 1 saturated heterocycles. The number of ether oxygens (including phenoxy) is 1. The number of carboxylic acid groups (broad SMARTS) is 1. The quantitative estimate of drug-likeness (QED) is 0.767.